The Hall–Kier alpha value is -0.0500. The van der Waals surface area contributed by atoms with Crippen molar-refractivity contribution < 1.29 is 0 Å². The lowest BCUT2D eigenvalue weighted by atomic mass is 10.1. The van der Waals surface area contributed by atoms with Gasteiger partial charge in [-0.3, -0.25) is 4.90 Å². The fourth-order valence-corrected chi connectivity index (χ4v) is 2.15. The van der Waals surface area contributed by atoms with E-state index in [1.54, 1.807) is 0 Å². The third-order valence-electron chi connectivity index (χ3n) is 2.98. The van der Waals surface area contributed by atoms with Gasteiger partial charge in [-0.05, 0) is 19.3 Å². The van der Waals surface area contributed by atoms with Crippen molar-refractivity contribution in [1.82, 2.24) is 4.90 Å². The van der Waals surface area contributed by atoms with Gasteiger partial charge in [-0.15, -0.1) is 0 Å². The molecule has 1 heterocycles. The summed E-state index contributed by atoms with van der Waals surface area (Å²) in [7, 11) is 0. The fourth-order valence-electron chi connectivity index (χ4n) is 1.90. The summed E-state index contributed by atoms with van der Waals surface area (Å²) in [6.07, 6.45) is 5.71. The Bertz CT molecular complexity index is 209. The molecule has 1 aliphatic heterocycles. The predicted octanol–water partition coefficient (Wildman–Crippen LogP) is 1.31. The predicted molar refractivity (Wildman–Crippen MR) is 51.1 cm³/mol. The van der Waals surface area contributed by atoms with Crippen LogP contribution in [0.15, 0.2) is 11.1 Å². The topological polar surface area (TPSA) is 29.3 Å². The molecule has 0 bridgehead atoms. The van der Waals surface area contributed by atoms with E-state index in [1.165, 1.54) is 12.8 Å². The average Bonchev–Trinajstić information content (AvgIpc) is 2.84. The van der Waals surface area contributed by atoms with Crippen LogP contribution >= 0.6 is 11.6 Å². The first-order valence-electron chi connectivity index (χ1n) is 4.56. The summed E-state index contributed by atoms with van der Waals surface area (Å²) in [4.78, 5) is 2.44. The number of halogens is 1. The van der Waals surface area contributed by atoms with Crippen LogP contribution in [0.1, 0.15) is 19.3 Å². The standard InChI is InChI=1S/C9H15ClN2/c10-8-2-1-5-12(6-8)9(7-11)3-4-9/h2H,1,3-7,11H2. The molecule has 2 N–H and O–H groups in total. The normalized spacial score (nSPS) is 28.3. The van der Waals surface area contributed by atoms with E-state index < -0.39 is 0 Å². The molecular formula is C9H15ClN2. The van der Waals surface area contributed by atoms with Gasteiger partial charge in [0.2, 0.25) is 0 Å². The van der Waals surface area contributed by atoms with Crippen LogP contribution in [-0.4, -0.2) is 30.1 Å². The third kappa shape index (κ3) is 1.39. The number of rotatable bonds is 2. The minimum absolute atomic E-state index is 0.328. The Morgan fingerprint density at radius 3 is 2.83 bits per heavy atom. The lowest BCUT2D eigenvalue weighted by Gasteiger charge is -2.32. The van der Waals surface area contributed by atoms with Crippen molar-refractivity contribution in [2.24, 2.45) is 5.73 Å². The summed E-state index contributed by atoms with van der Waals surface area (Å²) < 4.78 is 0. The molecule has 1 fully saturated rings. The minimum Gasteiger partial charge on any atom is -0.329 e. The average molecular weight is 187 g/mol. The maximum atomic E-state index is 5.98. The Morgan fingerprint density at radius 2 is 2.33 bits per heavy atom. The smallest absolute Gasteiger partial charge is 0.0344 e. The molecule has 2 aliphatic rings. The van der Waals surface area contributed by atoms with E-state index in [0.29, 0.717) is 5.54 Å². The number of nitrogens with zero attached hydrogens (tertiary/aromatic N) is 1. The van der Waals surface area contributed by atoms with Gasteiger partial charge in [-0.2, -0.15) is 0 Å². The van der Waals surface area contributed by atoms with Crippen LogP contribution in [0, 0.1) is 0 Å². The first-order valence-corrected chi connectivity index (χ1v) is 4.94. The van der Waals surface area contributed by atoms with Gasteiger partial charge in [0.05, 0.1) is 0 Å². The van der Waals surface area contributed by atoms with Crippen molar-refractivity contribution in [3.05, 3.63) is 11.1 Å². The van der Waals surface area contributed by atoms with Gasteiger partial charge in [-0.25, -0.2) is 0 Å². The largest absolute Gasteiger partial charge is 0.329 e. The van der Waals surface area contributed by atoms with Gasteiger partial charge >= 0.3 is 0 Å². The molecule has 0 unspecified atom stereocenters. The van der Waals surface area contributed by atoms with Crippen molar-refractivity contribution in [3.8, 4) is 0 Å². The maximum absolute atomic E-state index is 5.98. The SMILES string of the molecule is NCC1(N2CCC=C(Cl)C2)CC1. The van der Waals surface area contributed by atoms with Gasteiger partial charge in [-0.1, -0.05) is 17.7 Å². The Morgan fingerprint density at radius 1 is 1.58 bits per heavy atom. The molecule has 0 amide bonds. The van der Waals surface area contributed by atoms with Crippen molar-refractivity contribution >= 4 is 11.6 Å². The van der Waals surface area contributed by atoms with Crippen LogP contribution in [0.3, 0.4) is 0 Å². The molecule has 0 spiro atoms. The third-order valence-corrected chi connectivity index (χ3v) is 3.26. The van der Waals surface area contributed by atoms with Crippen LogP contribution in [0.2, 0.25) is 0 Å². The van der Waals surface area contributed by atoms with E-state index in [-0.39, 0.29) is 0 Å². The second kappa shape index (κ2) is 3.02. The Balaban J connectivity index is 2.01. The summed E-state index contributed by atoms with van der Waals surface area (Å²) in [5, 5.41) is 0.987. The lowest BCUT2D eigenvalue weighted by molar-refractivity contribution is 0.197. The molecule has 0 radical (unpaired) electrons. The van der Waals surface area contributed by atoms with E-state index in [9.17, 15) is 0 Å². The molecule has 3 heteroatoms. The van der Waals surface area contributed by atoms with Crippen LogP contribution in [0.5, 0.6) is 0 Å². The molecule has 0 aromatic carbocycles. The van der Waals surface area contributed by atoms with E-state index in [2.05, 4.69) is 11.0 Å². The zero-order chi connectivity index (χ0) is 8.60. The molecule has 2 nitrogen and oxygen atoms in total. The zero-order valence-electron chi connectivity index (χ0n) is 7.22. The molecular weight excluding hydrogens is 172 g/mol. The van der Waals surface area contributed by atoms with Crippen molar-refractivity contribution in [2.75, 3.05) is 19.6 Å². The van der Waals surface area contributed by atoms with E-state index in [0.717, 1.165) is 31.1 Å². The highest BCUT2D eigenvalue weighted by molar-refractivity contribution is 6.29. The van der Waals surface area contributed by atoms with Crippen LogP contribution in [0.25, 0.3) is 0 Å². The molecule has 2 rings (SSSR count). The summed E-state index contributed by atoms with van der Waals surface area (Å²) in [5.41, 5.74) is 6.07. The summed E-state index contributed by atoms with van der Waals surface area (Å²) in [5.74, 6) is 0. The van der Waals surface area contributed by atoms with Crippen LogP contribution in [-0.2, 0) is 0 Å². The summed E-state index contributed by atoms with van der Waals surface area (Å²) in [6, 6.07) is 0. The monoisotopic (exact) mass is 186 g/mol. The van der Waals surface area contributed by atoms with E-state index in [1.807, 2.05) is 0 Å². The number of hydrogen-bond donors (Lipinski definition) is 1. The van der Waals surface area contributed by atoms with Crippen LogP contribution in [0.4, 0.5) is 0 Å². The molecule has 0 aromatic heterocycles. The Kier molecular flexibility index (Phi) is 2.15. The zero-order valence-corrected chi connectivity index (χ0v) is 7.98. The van der Waals surface area contributed by atoms with Crippen LogP contribution < -0.4 is 5.73 Å². The first-order chi connectivity index (χ1) is 5.77. The first kappa shape index (κ1) is 8.54. The van der Waals surface area contributed by atoms with Gasteiger partial charge in [0.25, 0.3) is 0 Å². The highest BCUT2D eigenvalue weighted by atomic mass is 35.5. The van der Waals surface area contributed by atoms with Gasteiger partial charge in [0, 0.05) is 30.2 Å². The van der Waals surface area contributed by atoms with E-state index in [4.69, 9.17) is 17.3 Å². The lowest BCUT2D eigenvalue weighted by Crippen LogP contribution is -2.45. The second-order valence-corrected chi connectivity index (χ2v) is 4.28. The molecule has 0 saturated heterocycles. The van der Waals surface area contributed by atoms with Gasteiger partial charge in [0.1, 0.15) is 0 Å². The molecule has 0 aromatic rings. The fraction of sp³-hybridized carbons (Fsp3) is 0.778. The van der Waals surface area contributed by atoms with Gasteiger partial charge in [0.15, 0.2) is 0 Å². The van der Waals surface area contributed by atoms with E-state index >= 15 is 0 Å². The highest BCUT2D eigenvalue weighted by Gasteiger charge is 2.46. The molecule has 0 atom stereocenters. The molecule has 1 aliphatic carbocycles. The van der Waals surface area contributed by atoms with Gasteiger partial charge < -0.3 is 5.73 Å². The quantitative estimate of drug-likeness (QED) is 0.705. The molecule has 1 saturated carbocycles. The second-order valence-electron chi connectivity index (χ2n) is 3.79. The van der Waals surface area contributed by atoms with Crippen molar-refractivity contribution in [3.63, 3.8) is 0 Å². The summed E-state index contributed by atoms with van der Waals surface area (Å²) >= 11 is 5.98. The molecule has 68 valence electrons. The maximum Gasteiger partial charge on any atom is 0.0344 e. The van der Waals surface area contributed by atoms with Crippen molar-refractivity contribution in [2.45, 2.75) is 24.8 Å². The Labute approximate surface area is 78.4 Å². The summed E-state index contributed by atoms with van der Waals surface area (Å²) in [6.45, 7) is 2.84. The van der Waals surface area contributed by atoms with Crippen molar-refractivity contribution in [1.29, 1.82) is 0 Å². The minimum atomic E-state index is 0.328. The number of nitrogens with two attached hydrogens (primary N) is 1. The highest BCUT2D eigenvalue weighted by Crippen LogP contribution is 2.42. The number of hydrogen-bond acceptors (Lipinski definition) is 2. The molecule has 12 heavy (non-hydrogen) atoms.